The summed E-state index contributed by atoms with van der Waals surface area (Å²) in [6, 6.07) is 10.7. The van der Waals surface area contributed by atoms with E-state index in [0.717, 1.165) is 18.4 Å². The van der Waals surface area contributed by atoms with Crippen molar-refractivity contribution in [3.05, 3.63) is 64.2 Å². The molecule has 38 heavy (non-hydrogen) atoms. The van der Waals surface area contributed by atoms with E-state index in [4.69, 9.17) is 14.3 Å². The van der Waals surface area contributed by atoms with Crippen molar-refractivity contribution in [2.75, 3.05) is 13.1 Å². The zero-order valence-corrected chi connectivity index (χ0v) is 22.0. The summed E-state index contributed by atoms with van der Waals surface area (Å²) in [7, 11) is 0. The van der Waals surface area contributed by atoms with Gasteiger partial charge in [0.2, 0.25) is 0 Å². The van der Waals surface area contributed by atoms with Gasteiger partial charge in [0, 0.05) is 24.6 Å². The van der Waals surface area contributed by atoms with Crippen LogP contribution in [0.25, 0.3) is 16.6 Å². The van der Waals surface area contributed by atoms with Crippen LogP contribution in [0.3, 0.4) is 0 Å². The molecule has 1 N–H and O–H groups in total. The number of amides is 1. The molecule has 1 atom stereocenters. The Labute approximate surface area is 220 Å². The molecule has 1 unspecified atom stereocenters. The third-order valence-electron chi connectivity index (χ3n) is 6.38. The first kappa shape index (κ1) is 25.7. The number of aryl methyl sites for hydroxylation is 1. The summed E-state index contributed by atoms with van der Waals surface area (Å²) in [5.74, 6) is 0.375. The first-order valence-corrected chi connectivity index (χ1v) is 12.8. The van der Waals surface area contributed by atoms with Crippen molar-refractivity contribution in [3.63, 3.8) is 0 Å². The topological polar surface area (TPSA) is 112 Å². The summed E-state index contributed by atoms with van der Waals surface area (Å²) in [6.45, 7) is 8.10. The number of carbonyl (C=O) groups is 2. The van der Waals surface area contributed by atoms with Crippen LogP contribution in [-0.2, 0) is 9.57 Å². The number of benzene rings is 2. The fourth-order valence-corrected chi connectivity index (χ4v) is 4.30. The van der Waals surface area contributed by atoms with E-state index < -0.39 is 11.8 Å². The number of fused-ring (bicyclic) bond motifs is 1. The van der Waals surface area contributed by atoms with Crippen molar-refractivity contribution in [1.29, 1.82) is 0 Å². The lowest BCUT2D eigenvalue weighted by Crippen LogP contribution is -2.32. The summed E-state index contributed by atoms with van der Waals surface area (Å²) >= 11 is 0. The Balaban J connectivity index is 1.33. The van der Waals surface area contributed by atoms with Gasteiger partial charge in [-0.2, -0.15) is 0 Å². The predicted molar refractivity (Wildman–Crippen MR) is 140 cm³/mol. The molecule has 0 bridgehead atoms. The molecule has 0 spiro atoms. The molecule has 10 nitrogen and oxygen atoms in total. The van der Waals surface area contributed by atoms with Crippen LogP contribution in [0.2, 0.25) is 0 Å². The minimum absolute atomic E-state index is 0.146. The number of hydroxylamine groups is 2. The Morgan fingerprint density at radius 2 is 1.87 bits per heavy atom. The normalized spacial score (nSPS) is 17.8. The van der Waals surface area contributed by atoms with Crippen LogP contribution in [0.5, 0.6) is 5.75 Å². The van der Waals surface area contributed by atoms with E-state index in [9.17, 15) is 14.4 Å². The zero-order valence-electron chi connectivity index (χ0n) is 22.0. The lowest BCUT2D eigenvalue weighted by Gasteiger charge is -2.21. The average molecular weight is 521 g/mol. The molecule has 0 radical (unpaired) electrons. The molecule has 10 heteroatoms. The van der Waals surface area contributed by atoms with Crippen LogP contribution in [0.4, 0.5) is 4.79 Å². The minimum Gasteiger partial charge on any atom is -0.489 e. The molecule has 1 amide bonds. The fourth-order valence-electron chi connectivity index (χ4n) is 4.30. The van der Waals surface area contributed by atoms with Gasteiger partial charge in [0.25, 0.3) is 11.5 Å². The van der Waals surface area contributed by atoms with Crippen LogP contribution in [-0.4, -0.2) is 57.5 Å². The fraction of sp³-hybridized carbons (Fsp3) is 0.429. The molecular weight excluding hydrogens is 488 g/mol. The molecule has 1 saturated heterocycles. The molecule has 2 aromatic carbocycles. The second-order valence-corrected chi connectivity index (χ2v) is 10.8. The summed E-state index contributed by atoms with van der Waals surface area (Å²) in [4.78, 5) is 47.8. The van der Waals surface area contributed by atoms with Gasteiger partial charge < -0.3 is 19.6 Å². The highest BCUT2D eigenvalue weighted by molar-refractivity contribution is 5.95. The maximum Gasteiger partial charge on any atom is 0.528 e. The molecule has 5 rings (SSSR count). The van der Waals surface area contributed by atoms with Crippen molar-refractivity contribution in [2.24, 2.45) is 0 Å². The number of ether oxygens (including phenoxy) is 2. The van der Waals surface area contributed by atoms with Gasteiger partial charge in [0.15, 0.2) is 0 Å². The summed E-state index contributed by atoms with van der Waals surface area (Å²) < 4.78 is 12.8. The van der Waals surface area contributed by atoms with Gasteiger partial charge >= 0.3 is 6.16 Å². The van der Waals surface area contributed by atoms with Crippen LogP contribution in [0, 0.1) is 6.92 Å². The molecule has 1 aliphatic carbocycles. The lowest BCUT2D eigenvalue weighted by molar-refractivity contribution is -0.132. The minimum atomic E-state index is -0.750. The van der Waals surface area contributed by atoms with Crippen LogP contribution in [0.1, 0.15) is 56.0 Å². The van der Waals surface area contributed by atoms with E-state index in [1.807, 2.05) is 13.0 Å². The maximum atomic E-state index is 13.5. The van der Waals surface area contributed by atoms with Gasteiger partial charge in [-0.1, -0.05) is 6.07 Å². The highest BCUT2D eigenvalue weighted by Gasteiger charge is 2.29. The van der Waals surface area contributed by atoms with E-state index >= 15 is 0 Å². The first-order chi connectivity index (χ1) is 18.1. The van der Waals surface area contributed by atoms with E-state index in [1.54, 1.807) is 51.1 Å². The Kier molecular flexibility index (Phi) is 6.83. The largest absolute Gasteiger partial charge is 0.528 e. The van der Waals surface area contributed by atoms with Gasteiger partial charge in [-0.05, 0) is 76.4 Å². The van der Waals surface area contributed by atoms with E-state index in [0.29, 0.717) is 47.4 Å². The summed E-state index contributed by atoms with van der Waals surface area (Å²) in [5.41, 5.74) is 1.59. The second-order valence-electron chi connectivity index (χ2n) is 10.8. The highest BCUT2D eigenvalue weighted by Crippen LogP contribution is 2.24. The lowest BCUT2D eigenvalue weighted by atomic mass is 10.1. The molecule has 1 aromatic heterocycles. The SMILES string of the molecule is Cc1ccc(C(=O)NC2CC2)cc1-n1cnc2ccc(OC3CCN(OC(=O)OC(C)(C)C)C3)cc2c1=O. The highest BCUT2D eigenvalue weighted by atomic mass is 16.8. The monoisotopic (exact) mass is 520 g/mol. The summed E-state index contributed by atoms with van der Waals surface area (Å²) in [5, 5.41) is 4.90. The van der Waals surface area contributed by atoms with Gasteiger partial charge in [0.05, 0.1) is 23.1 Å². The third-order valence-corrected chi connectivity index (χ3v) is 6.38. The molecule has 200 valence electrons. The van der Waals surface area contributed by atoms with E-state index in [2.05, 4.69) is 10.3 Å². The Hall–Kier alpha value is -3.92. The Bertz CT molecular complexity index is 1440. The first-order valence-electron chi connectivity index (χ1n) is 12.8. The molecule has 2 fully saturated rings. The zero-order chi connectivity index (χ0) is 27.0. The van der Waals surface area contributed by atoms with Gasteiger partial charge in [-0.3, -0.25) is 14.2 Å². The molecule has 2 heterocycles. The van der Waals surface area contributed by atoms with E-state index in [1.165, 1.54) is 16.0 Å². The predicted octanol–water partition coefficient (Wildman–Crippen LogP) is 3.91. The molecule has 1 saturated carbocycles. The number of carbonyl (C=O) groups excluding carboxylic acids is 2. The molecule has 1 aliphatic heterocycles. The smallest absolute Gasteiger partial charge is 0.489 e. The van der Waals surface area contributed by atoms with Gasteiger partial charge in [-0.25, -0.2) is 9.78 Å². The quantitative estimate of drug-likeness (QED) is 0.487. The standard InChI is InChI=1S/C28H32N4O6/c1-17-5-6-18(25(33)30-19-7-8-19)13-24(17)32-16-29-23-10-9-20(14-22(23)26(32)34)36-21-11-12-31(15-21)38-27(35)37-28(2,3)4/h5-6,9-10,13-14,16,19,21H,7-8,11-12,15H2,1-4H3,(H,30,33). The van der Waals surface area contributed by atoms with Crippen LogP contribution < -0.4 is 15.6 Å². The van der Waals surface area contributed by atoms with Crippen molar-refractivity contribution in [1.82, 2.24) is 19.9 Å². The number of hydrogen-bond donors (Lipinski definition) is 1. The molecule has 3 aromatic rings. The number of nitrogens with zero attached hydrogens (tertiary/aromatic N) is 3. The number of rotatable bonds is 6. The number of aromatic nitrogens is 2. The van der Waals surface area contributed by atoms with Crippen molar-refractivity contribution in [3.8, 4) is 11.4 Å². The Morgan fingerprint density at radius 3 is 2.61 bits per heavy atom. The van der Waals surface area contributed by atoms with Crippen molar-refractivity contribution < 1.29 is 23.9 Å². The van der Waals surface area contributed by atoms with Gasteiger partial charge in [0.1, 0.15) is 23.8 Å². The third kappa shape index (κ3) is 5.96. The maximum absolute atomic E-state index is 13.5. The van der Waals surface area contributed by atoms with Crippen molar-refractivity contribution >= 4 is 23.0 Å². The second kappa shape index (κ2) is 10.1. The number of nitrogens with one attached hydrogen (secondary N) is 1. The molecular formula is C28H32N4O6. The summed E-state index contributed by atoms with van der Waals surface area (Å²) in [6.07, 6.45) is 3.15. The average Bonchev–Trinajstić information content (AvgIpc) is 3.56. The van der Waals surface area contributed by atoms with Crippen LogP contribution in [0.15, 0.2) is 47.5 Å². The van der Waals surface area contributed by atoms with Gasteiger partial charge in [-0.15, -0.1) is 5.06 Å². The van der Waals surface area contributed by atoms with E-state index in [-0.39, 0.29) is 23.6 Å². The number of hydrogen-bond acceptors (Lipinski definition) is 8. The molecule has 2 aliphatic rings. The Morgan fingerprint density at radius 1 is 1.08 bits per heavy atom. The van der Waals surface area contributed by atoms with Crippen LogP contribution >= 0.6 is 0 Å². The van der Waals surface area contributed by atoms with Crippen molar-refractivity contribution in [2.45, 2.75) is 64.7 Å².